The van der Waals surface area contributed by atoms with Crippen LogP contribution in [0.15, 0.2) is 35.5 Å². The highest BCUT2D eigenvalue weighted by Crippen LogP contribution is 2.39. The van der Waals surface area contributed by atoms with Crippen LogP contribution in [0.1, 0.15) is 40.0 Å². The highest BCUT2D eigenvalue weighted by molar-refractivity contribution is 5.91. The molecule has 1 saturated heterocycles. The molecular weight excluding hydrogens is 336 g/mol. The van der Waals surface area contributed by atoms with Crippen LogP contribution in [0.2, 0.25) is 0 Å². The van der Waals surface area contributed by atoms with Gasteiger partial charge in [0.15, 0.2) is 5.60 Å². The zero-order valence-corrected chi connectivity index (χ0v) is 15.4. The van der Waals surface area contributed by atoms with E-state index in [0.717, 1.165) is 5.57 Å². The summed E-state index contributed by atoms with van der Waals surface area (Å²) >= 11 is 0. The molecular formula is C20H26O6. The van der Waals surface area contributed by atoms with Crippen LogP contribution in [0, 0.1) is 11.8 Å². The fraction of sp³-hybridized carbons (Fsp3) is 0.600. The Balaban J connectivity index is 2.06. The van der Waals surface area contributed by atoms with Crippen LogP contribution in [-0.2, 0) is 19.1 Å². The van der Waals surface area contributed by atoms with Gasteiger partial charge in [-0.2, -0.15) is 0 Å². The Hall–Kier alpha value is -1.92. The van der Waals surface area contributed by atoms with Gasteiger partial charge >= 0.3 is 11.9 Å². The monoisotopic (exact) mass is 362 g/mol. The molecule has 3 aliphatic rings. The van der Waals surface area contributed by atoms with Crippen LogP contribution in [0.5, 0.6) is 0 Å². The predicted molar refractivity (Wildman–Crippen MR) is 93.9 cm³/mol. The topological polar surface area (TPSA) is 93.1 Å². The summed E-state index contributed by atoms with van der Waals surface area (Å²) in [7, 11) is 0. The molecule has 0 unspecified atom stereocenters. The van der Waals surface area contributed by atoms with Gasteiger partial charge in [0, 0.05) is 18.4 Å². The predicted octanol–water partition coefficient (Wildman–Crippen LogP) is 1.81. The molecule has 2 heterocycles. The molecule has 2 N–H and O–H groups in total. The quantitative estimate of drug-likeness (QED) is 0.420. The molecule has 0 amide bonds. The molecule has 0 spiro atoms. The van der Waals surface area contributed by atoms with E-state index in [1.165, 1.54) is 0 Å². The van der Waals surface area contributed by atoms with Gasteiger partial charge in [0.25, 0.3) is 0 Å². The first kappa shape index (κ1) is 18.9. The summed E-state index contributed by atoms with van der Waals surface area (Å²) in [5, 5.41) is 21.7. The van der Waals surface area contributed by atoms with Gasteiger partial charge in [-0.05, 0) is 30.9 Å². The molecule has 3 rings (SSSR count). The first-order chi connectivity index (χ1) is 12.1. The molecule has 142 valence electrons. The SMILES string of the molecule is C=C1C(=O)O[C@@H]2/C=C(/C)[C@@H]3CC=C(C[C@@H](O)[C@@H]12)C[C@@](O)(C(C)C)C(=O)O3. The van der Waals surface area contributed by atoms with Gasteiger partial charge in [-0.1, -0.05) is 32.1 Å². The second-order valence-electron chi connectivity index (χ2n) is 7.85. The Morgan fingerprint density at radius 3 is 2.65 bits per heavy atom. The minimum atomic E-state index is -1.65. The third-order valence-corrected chi connectivity index (χ3v) is 5.76. The number of esters is 2. The summed E-state index contributed by atoms with van der Waals surface area (Å²) < 4.78 is 11.0. The van der Waals surface area contributed by atoms with E-state index in [1.54, 1.807) is 26.8 Å². The van der Waals surface area contributed by atoms with Gasteiger partial charge in [0.05, 0.1) is 12.0 Å². The van der Waals surface area contributed by atoms with E-state index in [9.17, 15) is 19.8 Å². The lowest BCUT2D eigenvalue weighted by Crippen LogP contribution is -2.48. The highest BCUT2D eigenvalue weighted by Gasteiger charge is 2.47. The second-order valence-corrected chi connectivity index (χ2v) is 7.85. The van der Waals surface area contributed by atoms with Gasteiger partial charge in [-0.3, -0.25) is 0 Å². The molecule has 0 radical (unpaired) electrons. The zero-order valence-electron chi connectivity index (χ0n) is 15.4. The van der Waals surface area contributed by atoms with Crippen molar-refractivity contribution in [2.24, 2.45) is 11.8 Å². The summed E-state index contributed by atoms with van der Waals surface area (Å²) in [4.78, 5) is 24.6. The largest absolute Gasteiger partial charge is 0.455 e. The lowest BCUT2D eigenvalue weighted by Gasteiger charge is -2.36. The number of fused-ring (bicyclic) bond motifs is 3. The summed E-state index contributed by atoms with van der Waals surface area (Å²) in [6, 6.07) is 0. The third-order valence-electron chi connectivity index (χ3n) is 5.76. The number of carbonyl (C=O) groups is 2. The van der Waals surface area contributed by atoms with E-state index in [0.29, 0.717) is 12.0 Å². The zero-order chi connectivity index (χ0) is 19.2. The number of ether oxygens (including phenoxy) is 2. The number of aliphatic hydroxyl groups excluding tert-OH is 1. The van der Waals surface area contributed by atoms with Crippen LogP contribution in [0.4, 0.5) is 0 Å². The summed E-state index contributed by atoms with van der Waals surface area (Å²) in [5.41, 5.74) is 0.0861. The van der Waals surface area contributed by atoms with Gasteiger partial charge in [-0.25, -0.2) is 9.59 Å². The Morgan fingerprint density at radius 2 is 2.00 bits per heavy atom. The first-order valence-corrected chi connectivity index (χ1v) is 9.01. The number of hydrogen-bond donors (Lipinski definition) is 2. The van der Waals surface area contributed by atoms with Crippen molar-refractivity contribution >= 4 is 11.9 Å². The van der Waals surface area contributed by atoms with Crippen molar-refractivity contribution in [2.75, 3.05) is 0 Å². The normalized spacial score (nSPS) is 40.0. The fourth-order valence-electron chi connectivity index (χ4n) is 3.88. The maximum atomic E-state index is 12.7. The molecule has 0 aromatic heterocycles. The summed E-state index contributed by atoms with van der Waals surface area (Å²) in [6.45, 7) is 9.10. The molecule has 2 aliphatic heterocycles. The van der Waals surface area contributed by atoms with Crippen molar-refractivity contribution in [2.45, 2.75) is 63.9 Å². The van der Waals surface area contributed by atoms with Gasteiger partial charge in [0.2, 0.25) is 0 Å². The van der Waals surface area contributed by atoms with E-state index in [-0.39, 0.29) is 24.3 Å². The van der Waals surface area contributed by atoms with Crippen molar-refractivity contribution in [3.63, 3.8) is 0 Å². The molecule has 0 aromatic rings. The van der Waals surface area contributed by atoms with E-state index >= 15 is 0 Å². The highest BCUT2D eigenvalue weighted by atomic mass is 16.6. The maximum Gasteiger partial charge on any atom is 0.339 e. The molecule has 5 atom stereocenters. The maximum absolute atomic E-state index is 12.7. The lowest BCUT2D eigenvalue weighted by atomic mass is 9.78. The Bertz CT molecular complexity index is 703. The van der Waals surface area contributed by atoms with Crippen LogP contribution >= 0.6 is 0 Å². The summed E-state index contributed by atoms with van der Waals surface area (Å²) in [5.74, 6) is -2.08. The van der Waals surface area contributed by atoms with E-state index in [2.05, 4.69) is 6.58 Å². The molecule has 26 heavy (non-hydrogen) atoms. The van der Waals surface area contributed by atoms with E-state index < -0.39 is 41.8 Å². The number of hydrogen-bond acceptors (Lipinski definition) is 6. The van der Waals surface area contributed by atoms with Crippen molar-refractivity contribution in [3.05, 3.63) is 35.5 Å². The standard InChI is InChI=1S/C20H26O6/c1-10(2)20(24)9-13-5-6-15(26-19(20)23)11(3)7-16-17(14(21)8-13)12(4)18(22)25-16/h5,7,10,14-17,21,24H,4,6,8-9H2,1-3H3/b11-7-,13-5?/t14-,15+,16-,17-,20-/m1/s1. The van der Waals surface area contributed by atoms with Crippen LogP contribution in [0.25, 0.3) is 0 Å². The molecule has 1 fully saturated rings. The lowest BCUT2D eigenvalue weighted by molar-refractivity contribution is -0.175. The Labute approximate surface area is 153 Å². The van der Waals surface area contributed by atoms with Crippen LogP contribution in [-0.4, -0.2) is 46.1 Å². The Morgan fingerprint density at radius 1 is 1.31 bits per heavy atom. The van der Waals surface area contributed by atoms with Crippen molar-refractivity contribution in [1.29, 1.82) is 0 Å². The molecule has 6 nitrogen and oxygen atoms in total. The van der Waals surface area contributed by atoms with Crippen molar-refractivity contribution in [3.8, 4) is 0 Å². The first-order valence-electron chi connectivity index (χ1n) is 9.01. The molecule has 0 saturated carbocycles. The molecule has 6 heteroatoms. The molecule has 0 aromatic carbocycles. The molecule has 2 bridgehead atoms. The van der Waals surface area contributed by atoms with Gasteiger partial charge in [0.1, 0.15) is 12.2 Å². The summed E-state index contributed by atoms with van der Waals surface area (Å²) in [6.07, 6.45) is 2.35. The second kappa shape index (κ2) is 6.67. The van der Waals surface area contributed by atoms with Crippen molar-refractivity contribution < 1.29 is 29.3 Å². The van der Waals surface area contributed by atoms with Crippen molar-refractivity contribution in [1.82, 2.24) is 0 Å². The van der Waals surface area contributed by atoms with Gasteiger partial charge < -0.3 is 19.7 Å². The number of rotatable bonds is 1. The average Bonchev–Trinajstić information content (AvgIpc) is 2.82. The smallest absolute Gasteiger partial charge is 0.339 e. The third kappa shape index (κ3) is 3.12. The molecule has 1 aliphatic carbocycles. The number of aliphatic hydroxyl groups is 2. The van der Waals surface area contributed by atoms with E-state index in [4.69, 9.17) is 9.47 Å². The minimum absolute atomic E-state index is 0.0920. The number of carbonyl (C=O) groups excluding carboxylic acids is 2. The Kier molecular flexibility index (Phi) is 4.84. The van der Waals surface area contributed by atoms with E-state index in [1.807, 2.05) is 6.08 Å². The van der Waals surface area contributed by atoms with Crippen LogP contribution < -0.4 is 0 Å². The average molecular weight is 362 g/mol. The fourth-order valence-corrected chi connectivity index (χ4v) is 3.88. The van der Waals surface area contributed by atoms with Gasteiger partial charge in [-0.15, -0.1) is 0 Å². The van der Waals surface area contributed by atoms with Crippen LogP contribution in [0.3, 0.4) is 0 Å². The minimum Gasteiger partial charge on any atom is -0.455 e.